The maximum atomic E-state index is 13.7. The topological polar surface area (TPSA) is 83.6 Å². The summed E-state index contributed by atoms with van der Waals surface area (Å²) in [6.07, 6.45) is 1.42. The zero-order valence-electron chi connectivity index (χ0n) is 10.4. The Morgan fingerprint density at radius 1 is 1.47 bits per heavy atom. The molecule has 1 unspecified atom stereocenters. The zero-order valence-corrected chi connectivity index (χ0v) is 11.2. The highest BCUT2D eigenvalue weighted by Gasteiger charge is 2.33. The molecule has 1 atom stereocenters. The van der Waals surface area contributed by atoms with Gasteiger partial charge in [0, 0.05) is 19.7 Å². The van der Waals surface area contributed by atoms with E-state index in [1.807, 2.05) is 0 Å². The number of sulfonamides is 1. The Hall–Kier alpha value is -1.18. The highest BCUT2D eigenvalue weighted by atomic mass is 32.2. The van der Waals surface area contributed by atoms with Crippen LogP contribution in [0.25, 0.3) is 0 Å². The predicted octanol–water partition coefficient (Wildman–Crippen LogP) is 0.801. The molecular weight excluding hydrogens is 271 g/mol. The number of benzene rings is 1. The fourth-order valence-corrected chi connectivity index (χ4v) is 4.04. The van der Waals surface area contributed by atoms with Gasteiger partial charge in [0.05, 0.1) is 5.69 Å². The molecule has 0 spiro atoms. The van der Waals surface area contributed by atoms with E-state index in [4.69, 9.17) is 10.8 Å². The number of nitrogen functional groups attached to an aromatic ring is 1. The van der Waals surface area contributed by atoms with Crippen molar-refractivity contribution in [2.45, 2.75) is 17.7 Å². The summed E-state index contributed by atoms with van der Waals surface area (Å²) in [5, 5.41) is 9.13. The molecule has 0 bridgehead atoms. The van der Waals surface area contributed by atoms with Crippen LogP contribution in [0.3, 0.4) is 0 Å². The summed E-state index contributed by atoms with van der Waals surface area (Å²) < 4.78 is 39.8. The number of rotatable bonds is 3. The molecule has 1 saturated heterocycles. The number of hydrogen-bond donors (Lipinski definition) is 2. The van der Waals surface area contributed by atoms with Gasteiger partial charge in [-0.3, -0.25) is 0 Å². The van der Waals surface area contributed by atoms with E-state index in [1.165, 1.54) is 16.4 Å². The second-order valence-electron chi connectivity index (χ2n) is 4.71. The fraction of sp³-hybridized carbons (Fsp3) is 0.500. The van der Waals surface area contributed by atoms with Crippen molar-refractivity contribution in [2.24, 2.45) is 5.92 Å². The van der Waals surface area contributed by atoms with Gasteiger partial charge in [-0.25, -0.2) is 12.8 Å². The van der Waals surface area contributed by atoms with Crippen molar-refractivity contribution in [2.75, 3.05) is 25.4 Å². The molecule has 0 amide bonds. The largest absolute Gasteiger partial charge is 0.398 e. The minimum Gasteiger partial charge on any atom is -0.398 e. The number of aliphatic hydroxyl groups is 1. The maximum absolute atomic E-state index is 13.7. The number of hydrogen-bond acceptors (Lipinski definition) is 4. The summed E-state index contributed by atoms with van der Waals surface area (Å²) in [5.74, 6) is -0.942. The van der Waals surface area contributed by atoms with Crippen molar-refractivity contribution < 1.29 is 17.9 Å². The van der Waals surface area contributed by atoms with Crippen molar-refractivity contribution in [3.05, 3.63) is 24.0 Å². The molecule has 5 nitrogen and oxygen atoms in total. The number of anilines is 1. The lowest BCUT2D eigenvalue weighted by Crippen LogP contribution is -2.41. The molecule has 0 aromatic heterocycles. The van der Waals surface area contributed by atoms with Crippen LogP contribution < -0.4 is 5.73 Å². The highest BCUT2D eigenvalue weighted by molar-refractivity contribution is 7.89. The van der Waals surface area contributed by atoms with Crippen LogP contribution in [0.5, 0.6) is 0 Å². The highest BCUT2D eigenvalue weighted by Crippen LogP contribution is 2.28. The van der Waals surface area contributed by atoms with E-state index in [9.17, 15) is 12.8 Å². The van der Waals surface area contributed by atoms with Gasteiger partial charge < -0.3 is 10.8 Å². The summed E-state index contributed by atoms with van der Waals surface area (Å²) in [4.78, 5) is -0.464. The molecule has 1 aromatic rings. The smallest absolute Gasteiger partial charge is 0.248 e. The summed E-state index contributed by atoms with van der Waals surface area (Å²) in [6, 6.07) is 3.82. The number of nitrogens with zero attached hydrogens (tertiary/aromatic N) is 1. The maximum Gasteiger partial charge on any atom is 0.248 e. The first kappa shape index (κ1) is 14.2. The summed E-state index contributed by atoms with van der Waals surface area (Å²) in [7, 11) is -3.94. The Bertz CT molecular complexity index is 542. The standard InChI is InChI=1S/C12H17FN2O3S/c13-10-4-1-5-11(14)12(10)19(17,18)15-6-2-3-9(7-15)8-16/h1,4-5,9,16H,2-3,6-8,14H2. The molecule has 7 heteroatoms. The Kier molecular flexibility index (Phi) is 4.07. The monoisotopic (exact) mass is 288 g/mol. The van der Waals surface area contributed by atoms with E-state index in [-0.39, 0.29) is 24.8 Å². The molecule has 1 aliphatic heterocycles. The third kappa shape index (κ3) is 2.72. The summed E-state index contributed by atoms with van der Waals surface area (Å²) in [6.45, 7) is 0.456. The van der Waals surface area contributed by atoms with E-state index in [2.05, 4.69) is 0 Å². The molecule has 1 aliphatic rings. The first-order valence-electron chi connectivity index (χ1n) is 6.12. The van der Waals surface area contributed by atoms with Crippen LogP contribution in [0, 0.1) is 11.7 Å². The molecule has 2 rings (SSSR count). The molecule has 0 saturated carbocycles. The quantitative estimate of drug-likeness (QED) is 0.806. The van der Waals surface area contributed by atoms with Gasteiger partial charge >= 0.3 is 0 Å². The van der Waals surface area contributed by atoms with Crippen LogP contribution in [0.2, 0.25) is 0 Å². The number of halogens is 1. The van der Waals surface area contributed by atoms with E-state index in [0.717, 1.165) is 12.5 Å². The second kappa shape index (κ2) is 5.44. The van der Waals surface area contributed by atoms with Gasteiger partial charge in [0.15, 0.2) is 0 Å². The summed E-state index contributed by atoms with van der Waals surface area (Å²) >= 11 is 0. The second-order valence-corrected chi connectivity index (χ2v) is 6.59. The van der Waals surface area contributed by atoms with Gasteiger partial charge in [-0.2, -0.15) is 4.31 Å². The first-order valence-corrected chi connectivity index (χ1v) is 7.56. The third-order valence-electron chi connectivity index (χ3n) is 3.34. The number of nitrogens with two attached hydrogens (primary N) is 1. The normalized spacial score (nSPS) is 21.5. The SMILES string of the molecule is Nc1cccc(F)c1S(=O)(=O)N1CCCC(CO)C1. The van der Waals surface area contributed by atoms with Crippen molar-refractivity contribution in [1.82, 2.24) is 4.31 Å². The van der Waals surface area contributed by atoms with E-state index >= 15 is 0 Å². The lowest BCUT2D eigenvalue weighted by Gasteiger charge is -2.31. The van der Waals surface area contributed by atoms with Crippen molar-refractivity contribution in [3.63, 3.8) is 0 Å². The van der Waals surface area contributed by atoms with Gasteiger partial charge in [0.1, 0.15) is 10.7 Å². The van der Waals surface area contributed by atoms with Gasteiger partial charge in [0.25, 0.3) is 0 Å². The molecule has 106 valence electrons. The van der Waals surface area contributed by atoms with Crippen LogP contribution in [-0.4, -0.2) is 37.5 Å². The Morgan fingerprint density at radius 3 is 2.84 bits per heavy atom. The molecule has 1 fully saturated rings. The lowest BCUT2D eigenvalue weighted by molar-refractivity contribution is 0.165. The Morgan fingerprint density at radius 2 is 2.21 bits per heavy atom. The fourth-order valence-electron chi connectivity index (χ4n) is 2.32. The van der Waals surface area contributed by atoms with Crippen molar-refractivity contribution in [3.8, 4) is 0 Å². The molecule has 0 radical (unpaired) electrons. The molecule has 1 heterocycles. The zero-order chi connectivity index (χ0) is 14.0. The Labute approximate surface area is 111 Å². The average Bonchev–Trinajstić information content (AvgIpc) is 2.38. The van der Waals surface area contributed by atoms with E-state index in [0.29, 0.717) is 13.0 Å². The van der Waals surface area contributed by atoms with Crippen LogP contribution in [-0.2, 0) is 10.0 Å². The lowest BCUT2D eigenvalue weighted by atomic mass is 10.0. The van der Waals surface area contributed by atoms with Gasteiger partial charge in [-0.1, -0.05) is 6.07 Å². The molecule has 1 aromatic carbocycles. The minimum atomic E-state index is -3.94. The Balaban J connectivity index is 2.37. The van der Waals surface area contributed by atoms with Gasteiger partial charge in [-0.15, -0.1) is 0 Å². The molecular formula is C12H17FN2O3S. The van der Waals surface area contributed by atoms with Crippen LogP contribution in [0.4, 0.5) is 10.1 Å². The van der Waals surface area contributed by atoms with Gasteiger partial charge in [0.2, 0.25) is 10.0 Å². The van der Waals surface area contributed by atoms with Crippen molar-refractivity contribution in [1.29, 1.82) is 0 Å². The van der Waals surface area contributed by atoms with Gasteiger partial charge in [-0.05, 0) is 30.9 Å². The van der Waals surface area contributed by atoms with E-state index < -0.39 is 20.7 Å². The average molecular weight is 288 g/mol. The van der Waals surface area contributed by atoms with Crippen molar-refractivity contribution >= 4 is 15.7 Å². The molecule has 3 N–H and O–H groups in total. The molecule has 0 aliphatic carbocycles. The first-order chi connectivity index (χ1) is 8.96. The van der Waals surface area contributed by atoms with Crippen LogP contribution >= 0.6 is 0 Å². The third-order valence-corrected chi connectivity index (χ3v) is 5.29. The summed E-state index contributed by atoms with van der Waals surface area (Å²) in [5.41, 5.74) is 5.49. The minimum absolute atomic E-state index is 0.0707. The number of aliphatic hydroxyl groups excluding tert-OH is 1. The van der Waals surface area contributed by atoms with Crippen LogP contribution in [0.15, 0.2) is 23.1 Å². The predicted molar refractivity (Wildman–Crippen MR) is 69.4 cm³/mol. The van der Waals surface area contributed by atoms with Crippen LogP contribution in [0.1, 0.15) is 12.8 Å². The number of piperidine rings is 1. The molecule has 19 heavy (non-hydrogen) atoms. The van der Waals surface area contributed by atoms with E-state index in [1.54, 1.807) is 0 Å².